The lowest BCUT2D eigenvalue weighted by Crippen LogP contribution is -2.52. The molecule has 1 unspecified atom stereocenters. The molecule has 0 saturated carbocycles. The third-order valence-electron chi connectivity index (χ3n) is 8.02. The fourth-order valence-corrected chi connectivity index (χ4v) is 5.29. The van der Waals surface area contributed by atoms with E-state index in [0.29, 0.717) is 13.3 Å². The summed E-state index contributed by atoms with van der Waals surface area (Å²) in [6.07, 6.45) is 18.3. The Labute approximate surface area is 230 Å². The second-order valence-corrected chi connectivity index (χ2v) is 11.5. The highest BCUT2D eigenvalue weighted by molar-refractivity contribution is 6.06. The zero-order chi connectivity index (χ0) is 27.5. The highest BCUT2D eigenvalue weighted by atomic mass is 16.2. The van der Waals surface area contributed by atoms with Gasteiger partial charge in [0.2, 0.25) is 0 Å². The van der Waals surface area contributed by atoms with E-state index in [0.717, 1.165) is 96.8 Å². The van der Waals surface area contributed by atoms with Crippen molar-refractivity contribution in [3.05, 3.63) is 0 Å². The number of unbranched alkanes of at least 4 members (excludes halogenated alkanes) is 10. The average Bonchev–Trinajstić information content (AvgIpc) is 3.06. The highest BCUT2D eigenvalue weighted by Gasteiger charge is 2.54. The monoisotopic (exact) mass is 522 g/mol. The van der Waals surface area contributed by atoms with Crippen LogP contribution in [0.1, 0.15) is 144 Å². The maximum atomic E-state index is 14.0. The summed E-state index contributed by atoms with van der Waals surface area (Å²) in [7, 11) is 0. The largest absolute Gasteiger partial charge is 0.329 e. The molecule has 1 heterocycles. The maximum Gasteiger partial charge on any atom is 0.329 e. The van der Waals surface area contributed by atoms with Crippen LogP contribution in [0, 0.1) is 0 Å². The second kappa shape index (κ2) is 19.9. The van der Waals surface area contributed by atoms with Gasteiger partial charge in [-0.2, -0.15) is 0 Å². The van der Waals surface area contributed by atoms with Crippen LogP contribution in [0.2, 0.25) is 0 Å². The molecule has 1 aliphatic rings. The molecule has 0 N–H and O–H groups in total. The summed E-state index contributed by atoms with van der Waals surface area (Å²) < 4.78 is 0. The molecule has 0 aromatic carbocycles. The Morgan fingerprint density at radius 1 is 0.568 bits per heavy atom. The molecule has 0 aromatic heterocycles. The number of nitrogens with zero attached hydrogens (tertiary/aromatic N) is 4. The lowest BCUT2D eigenvalue weighted by atomic mass is 9.92. The molecule has 3 amide bonds. The fraction of sp³-hybridized carbons (Fsp3) is 0.935. The van der Waals surface area contributed by atoms with Crippen LogP contribution in [0.25, 0.3) is 0 Å². The van der Waals surface area contributed by atoms with Crippen molar-refractivity contribution in [3.8, 4) is 0 Å². The van der Waals surface area contributed by atoms with E-state index in [9.17, 15) is 9.59 Å². The SMILES string of the molecule is CCCCCCCCCC1(C)C(=O)N(CN(CCCC)CCCC)C(=O)N1CN(CCCC)CCCC. The average molecular weight is 523 g/mol. The van der Waals surface area contributed by atoms with E-state index in [-0.39, 0.29) is 11.9 Å². The Kier molecular flexibility index (Phi) is 18.2. The number of hydrogen-bond donors (Lipinski definition) is 0. The Morgan fingerprint density at radius 3 is 1.43 bits per heavy atom. The first-order valence-corrected chi connectivity index (χ1v) is 16.0. The molecule has 0 spiro atoms. The molecule has 0 radical (unpaired) electrons. The Balaban J connectivity index is 3.04. The second-order valence-electron chi connectivity index (χ2n) is 11.5. The molecular weight excluding hydrogens is 460 g/mol. The summed E-state index contributed by atoms with van der Waals surface area (Å²) in [6, 6.07) is -0.0774. The van der Waals surface area contributed by atoms with Crippen LogP contribution in [0.5, 0.6) is 0 Å². The van der Waals surface area contributed by atoms with Crippen LogP contribution < -0.4 is 0 Å². The molecule has 0 aromatic rings. The Bertz CT molecular complexity index is 598. The minimum Gasteiger partial charge on any atom is -0.297 e. The minimum atomic E-state index is -0.738. The van der Waals surface area contributed by atoms with Gasteiger partial charge in [0.05, 0.1) is 13.3 Å². The summed E-state index contributed by atoms with van der Waals surface area (Å²) >= 11 is 0. The number of hydrogen-bond acceptors (Lipinski definition) is 4. The van der Waals surface area contributed by atoms with E-state index in [4.69, 9.17) is 0 Å². The van der Waals surface area contributed by atoms with E-state index in [2.05, 4.69) is 44.4 Å². The van der Waals surface area contributed by atoms with Gasteiger partial charge in [0.15, 0.2) is 0 Å². The quantitative estimate of drug-likeness (QED) is 0.0956. The van der Waals surface area contributed by atoms with Gasteiger partial charge < -0.3 is 0 Å². The zero-order valence-electron chi connectivity index (χ0n) is 25.7. The number of urea groups is 1. The van der Waals surface area contributed by atoms with Crippen molar-refractivity contribution in [2.75, 3.05) is 39.5 Å². The number of carbonyl (C=O) groups is 2. The molecule has 0 aliphatic carbocycles. The van der Waals surface area contributed by atoms with Crippen molar-refractivity contribution in [1.29, 1.82) is 0 Å². The van der Waals surface area contributed by atoms with Crippen LogP contribution in [-0.4, -0.2) is 76.6 Å². The lowest BCUT2D eigenvalue weighted by molar-refractivity contribution is -0.134. The molecule has 37 heavy (non-hydrogen) atoms. The number of rotatable bonds is 24. The third-order valence-corrected chi connectivity index (χ3v) is 8.02. The van der Waals surface area contributed by atoms with Gasteiger partial charge in [0.1, 0.15) is 5.54 Å². The van der Waals surface area contributed by atoms with Crippen LogP contribution in [0.15, 0.2) is 0 Å². The number of carbonyl (C=O) groups excluding carboxylic acids is 2. The predicted molar refractivity (Wildman–Crippen MR) is 158 cm³/mol. The molecule has 1 rings (SSSR count). The minimum absolute atomic E-state index is 0.0208. The summed E-state index contributed by atoms with van der Waals surface area (Å²) in [6.45, 7) is 18.0. The maximum absolute atomic E-state index is 14.0. The number of amides is 3. The first-order valence-electron chi connectivity index (χ1n) is 16.0. The molecule has 1 fully saturated rings. The van der Waals surface area contributed by atoms with E-state index < -0.39 is 5.54 Å². The van der Waals surface area contributed by atoms with Crippen LogP contribution >= 0.6 is 0 Å². The van der Waals surface area contributed by atoms with Crippen molar-refractivity contribution < 1.29 is 9.59 Å². The van der Waals surface area contributed by atoms with Crippen LogP contribution in [0.4, 0.5) is 4.79 Å². The lowest BCUT2D eigenvalue weighted by Gasteiger charge is -2.36. The summed E-state index contributed by atoms with van der Waals surface area (Å²) in [5.41, 5.74) is -0.738. The van der Waals surface area contributed by atoms with Gasteiger partial charge in [-0.15, -0.1) is 0 Å². The van der Waals surface area contributed by atoms with Gasteiger partial charge >= 0.3 is 6.03 Å². The van der Waals surface area contributed by atoms with Crippen molar-refractivity contribution >= 4 is 11.9 Å². The molecule has 1 atom stereocenters. The van der Waals surface area contributed by atoms with E-state index in [1.807, 2.05) is 11.8 Å². The molecule has 0 bridgehead atoms. The summed E-state index contributed by atoms with van der Waals surface area (Å²) in [4.78, 5) is 36.1. The fourth-order valence-electron chi connectivity index (χ4n) is 5.29. The van der Waals surface area contributed by atoms with Crippen molar-refractivity contribution in [1.82, 2.24) is 19.6 Å². The molecular formula is C31H62N4O2. The molecule has 218 valence electrons. The molecule has 1 aliphatic heterocycles. The van der Waals surface area contributed by atoms with Crippen molar-refractivity contribution in [2.45, 2.75) is 150 Å². The van der Waals surface area contributed by atoms with Crippen molar-refractivity contribution in [3.63, 3.8) is 0 Å². The van der Waals surface area contributed by atoms with Crippen LogP contribution in [0.3, 0.4) is 0 Å². The summed E-state index contributed by atoms with van der Waals surface area (Å²) in [5.74, 6) is 0.0208. The first-order chi connectivity index (χ1) is 17.9. The first kappa shape index (κ1) is 33.9. The third kappa shape index (κ3) is 11.6. The van der Waals surface area contributed by atoms with Gasteiger partial charge in [0, 0.05) is 0 Å². The smallest absolute Gasteiger partial charge is 0.297 e. The van der Waals surface area contributed by atoms with E-state index in [1.165, 1.54) is 32.1 Å². The van der Waals surface area contributed by atoms with Crippen molar-refractivity contribution in [2.24, 2.45) is 0 Å². The number of imide groups is 1. The topological polar surface area (TPSA) is 47.1 Å². The Hall–Kier alpha value is -1.14. The van der Waals surface area contributed by atoms with Crippen LogP contribution in [-0.2, 0) is 4.79 Å². The molecule has 1 saturated heterocycles. The van der Waals surface area contributed by atoms with Gasteiger partial charge in [-0.3, -0.25) is 19.5 Å². The molecule has 6 nitrogen and oxygen atoms in total. The van der Waals surface area contributed by atoms with E-state index >= 15 is 0 Å². The summed E-state index contributed by atoms with van der Waals surface area (Å²) in [5, 5.41) is 0. The Morgan fingerprint density at radius 2 is 0.973 bits per heavy atom. The normalized spacial score (nSPS) is 18.3. The predicted octanol–water partition coefficient (Wildman–Crippen LogP) is 7.87. The highest BCUT2D eigenvalue weighted by Crippen LogP contribution is 2.33. The van der Waals surface area contributed by atoms with Gasteiger partial charge in [-0.25, -0.2) is 9.69 Å². The van der Waals surface area contributed by atoms with E-state index in [1.54, 1.807) is 4.90 Å². The standard InChI is InChI=1S/C31H62N4O2/c1-7-12-17-18-19-20-21-22-31(6)29(36)34(27-32(23-13-8-2)24-14-9-3)30(37)35(31)28-33(25-15-10-4)26-16-11-5/h7-28H2,1-6H3. The molecule has 6 heteroatoms. The zero-order valence-corrected chi connectivity index (χ0v) is 25.7. The van der Waals surface area contributed by atoms with Gasteiger partial charge in [-0.05, 0) is 65.2 Å². The van der Waals surface area contributed by atoms with Gasteiger partial charge in [0.25, 0.3) is 5.91 Å². The van der Waals surface area contributed by atoms with Gasteiger partial charge in [-0.1, -0.05) is 105 Å².